The largest absolute Gasteiger partial charge is 0.496 e. The molecule has 0 heterocycles. The molecule has 1 amide bonds. The van der Waals surface area contributed by atoms with Crippen LogP contribution in [0.1, 0.15) is 17.5 Å². The summed E-state index contributed by atoms with van der Waals surface area (Å²) in [7, 11) is 1.66. The number of methoxy groups -OCH3 is 1. The molecular formula is C13H20N2O2. The van der Waals surface area contributed by atoms with Crippen LogP contribution in [0.5, 0.6) is 5.75 Å². The number of hydrogen-bond acceptors (Lipinski definition) is 3. The summed E-state index contributed by atoms with van der Waals surface area (Å²) < 4.78 is 5.25. The first-order valence-corrected chi connectivity index (χ1v) is 5.77. The van der Waals surface area contributed by atoms with Gasteiger partial charge in [-0.25, -0.2) is 0 Å². The summed E-state index contributed by atoms with van der Waals surface area (Å²) in [5, 5.41) is 2.82. The Morgan fingerprint density at radius 1 is 1.47 bits per heavy atom. The van der Waals surface area contributed by atoms with Gasteiger partial charge in [-0.05, 0) is 30.5 Å². The average Bonchev–Trinajstić information content (AvgIpc) is 2.31. The van der Waals surface area contributed by atoms with Crippen LogP contribution >= 0.6 is 0 Å². The Bertz CT molecular complexity index is 378. The van der Waals surface area contributed by atoms with Crippen molar-refractivity contribution in [3.05, 3.63) is 29.3 Å². The molecule has 0 aliphatic carbocycles. The van der Waals surface area contributed by atoms with E-state index in [9.17, 15) is 4.79 Å². The van der Waals surface area contributed by atoms with Crippen LogP contribution in [0.2, 0.25) is 0 Å². The highest BCUT2D eigenvalue weighted by Gasteiger charge is 2.02. The van der Waals surface area contributed by atoms with Crippen molar-refractivity contribution in [3.63, 3.8) is 0 Å². The van der Waals surface area contributed by atoms with Gasteiger partial charge in [0.2, 0.25) is 5.91 Å². The number of nitrogens with two attached hydrogens (primary N) is 1. The van der Waals surface area contributed by atoms with Gasteiger partial charge >= 0.3 is 0 Å². The summed E-state index contributed by atoms with van der Waals surface area (Å²) in [4.78, 5) is 11.2. The maximum Gasteiger partial charge on any atom is 0.221 e. The van der Waals surface area contributed by atoms with Crippen LogP contribution in [-0.4, -0.2) is 26.1 Å². The van der Waals surface area contributed by atoms with E-state index in [4.69, 9.17) is 10.5 Å². The smallest absolute Gasteiger partial charge is 0.221 e. The molecule has 0 aliphatic heterocycles. The molecule has 0 radical (unpaired) electrons. The molecule has 0 aliphatic rings. The Balaban J connectivity index is 2.44. The number of nitrogens with one attached hydrogen (secondary N) is 1. The van der Waals surface area contributed by atoms with Crippen LogP contribution in [0.3, 0.4) is 0 Å². The molecule has 0 saturated heterocycles. The van der Waals surface area contributed by atoms with Crippen molar-refractivity contribution in [1.29, 1.82) is 0 Å². The van der Waals surface area contributed by atoms with Crippen LogP contribution in [0, 0.1) is 6.92 Å². The average molecular weight is 236 g/mol. The van der Waals surface area contributed by atoms with Crippen LogP contribution in [-0.2, 0) is 11.2 Å². The van der Waals surface area contributed by atoms with E-state index in [1.54, 1.807) is 7.11 Å². The molecule has 94 valence electrons. The first-order chi connectivity index (χ1) is 8.17. The highest BCUT2D eigenvalue weighted by atomic mass is 16.5. The number of aryl methyl sites for hydroxylation is 1. The minimum absolute atomic E-state index is 0.00609. The number of benzene rings is 1. The molecule has 0 unspecified atom stereocenters. The molecular weight excluding hydrogens is 216 g/mol. The van der Waals surface area contributed by atoms with E-state index >= 15 is 0 Å². The van der Waals surface area contributed by atoms with Gasteiger partial charge in [0, 0.05) is 19.5 Å². The Hall–Kier alpha value is -1.55. The highest BCUT2D eigenvalue weighted by molar-refractivity contribution is 5.76. The zero-order valence-corrected chi connectivity index (χ0v) is 10.5. The Labute approximate surface area is 102 Å². The van der Waals surface area contributed by atoms with Gasteiger partial charge in [-0.3, -0.25) is 4.79 Å². The summed E-state index contributed by atoms with van der Waals surface area (Å²) in [5.41, 5.74) is 7.56. The number of ether oxygens (including phenoxy) is 1. The third kappa shape index (κ3) is 4.44. The van der Waals surface area contributed by atoms with E-state index in [-0.39, 0.29) is 5.91 Å². The van der Waals surface area contributed by atoms with Gasteiger partial charge < -0.3 is 15.8 Å². The second-order valence-corrected chi connectivity index (χ2v) is 3.94. The second kappa shape index (κ2) is 6.91. The predicted molar refractivity (Wildman–Crippen MR) is 68.1 cm³/mol. The lowest BCUT2D eigenvalue weighted by Gasteiger charge is -2.08. The maximum atomic E-state index is 11.2. The lowest BCUT2D eigenvalue weighted by molar-refractivity contribution is -0.120. The molecule has 0 bridgehead atoms. The Kier molecular flexibility index (Phi) is 5.49. The van der Waals surface area contributed by atoms with Gasteiger partial charge in [-0.2, -0.15) is 0 Å². The van der Waals surface area contributed by atoms with E-state index in [2.05, 4.69) is 5.32 Å². The fourth-order valence-corrected chi connectivity index (χ4v) is 1.59. The zero-order chi connectivity index (χ0) is 12.7. The van der Waals surface area contributed by atoms with Crippen LogP contribution in [0.25, 0.3) is 0 Å². The van der Waals surface area contributed by atoms with Gasteiger partial charge in [0.1, 0.15) is 5.75 Å². The van der Waals surface area contributed by atoms with Crippen LogP contribution in [0.4, 0.5) is 0 Å². The lowest BCUT2D eigenvalue weighted by atomic mass is 10.1. The Morgan fingerprint density at radius 3 is 2.88 bits per heavy atom. The third-order valence-electron chi connectivity index (χ3n) is 2.58. The molecule has 0 aromatic heterocycles. The van der Waals surface area contributed by atoms with Crippen LogP contribution < -0.4 is 15.8 Å². The predicted octanol–water partition coefficient (Wildman–Crippen LogP) is 1.01. The summed E-state index contributed by atoms with van der Waals surface area (Å²) >= 11 is 0. The first-order valence-electron chi connectivity index (χ1n) is 5.77. The molecule has 1 aromatic rings. The molecule has 1 rings (SSSR count). The molecule has 0 atom stereocenters. The summed E-state index contributed by atoms with van der Waals surface area (Å²) in [6.45, 7) is 3.03. The monoisotopic (exact) mass is 236 g/mol. The van der Waals surface area contributed by atoms with E-state index in [0.29, 0.717) is 19.5 Å². The third-order valence-corrected chi connectivity index (χ3v) is 2.58. The van der Waals surface area contributed by atoms with Gasteiger partial charge in [-0.15, -0.1) is 0 Å². The van der Waals surface area contributed by atoms with Crippen LogP contribution in [0.15, 0.2) is 18.2 Å². The number of carbonyl (C=O) groups excluding carboxylic acids is 1. The normalized spacial score (nSPS) is 10.1. The van der Waals surface area contributed by atoms with Crippen molar-refractivity contribution < 1.29 is 9.53 Å². The quantitative estimate of drug-likeness (QED) is 0.775. The van der Waals surface area contributed by atoms with Crippen molar-refractivity contribution in [2.75, 3.05) is 20.2 Å². The van der Waals surface area contributed by atoms with Gasteiger partial charge in [-0.1, -0.05) is 12.1 Å². The number of hydrogen-bond donors (Lipinski definition) is 2. The highest BCUT2D eigenvalue weighted by Crippen LogP contribution is 2.18. The van der Waals surface area contributed by atoms with E-state index in [0.717, 1.165) is 23.3 Å². The fourth-order valence-electron chi connectivity index (χ4n) is 1.59. The number of rotatable bonds is 6. The molecule has 4 nitrogen and oxygen atoms in total. The lowest BCUT2D eigenvalue weighted by Crippen LogP contribution is -2.27. The van der Waals surface area contributed by atoms with E-state index < -0.39 is 0 Å². The number of amides is 1. The second-order valence-electron chi connectivity index (χ2n) is 3.94. The van der Waals surface area contributed by atoms with Gasteiger partial charge in [0.15, 0.2) is 0 Å². The standard InChI is InChI=1S/C13H20N2O2/c1-10-3-4-11(9-12(10)17-2)6-8-15-13(16)5-7-14/h3-4,9H,5-8,14H2,1-2H3,(H,15,16). The topological polar surface area (TPSA) is 64.3 Å². The molecule has 0 saturated carbocycles. The fraction of sp³-hybridized carbons (Fsp3) is 0.462. The molecule has 4 heteroatoms. The van der Waals surface area contributed by atoms with Crippen molar-refractivity contribution in [1.82, 2.24) is 5.32 Å². The van der Waals surface area contributed by atoms with Crippen molar-refractivity contribution in [2.24, 2.45) is 5.73 Å². The summed E-state index contributed by atoms with van der Waals surface area (Å²) in [5.74, 6) is 0.891. The minimum atomic E-state index is 0.00609. The van der Waals surface area contributed by atoms with Gasteiger partial charge in [0.25, 0.3) is 0 Å². The molecule has 3 N–H and O–H groups in total. The van der Waals surface area contributed by atoms with Crippen molar-refractivity contribution >= 4 is 5.91 Å². The Morgan fingerprint density at radius 2 is 2.24 bits per heavy atom. The minimum Gasteiger partial charge on any atom is -0.496 e. The van der Waals surface area contributed by atoms with Gasteiger partial charge in [0.05, 0.1) is 7.11 Å². The SMILES string of the molecule is COc1cc(CCNC(=O)CCN)ccc1C. The number of carbonyl (C=O) groups is 1. The van der Waals surface area contributed by atoms with E-state index in [1.807, 2.05) is 25.1 Å². The van der Waals surface area contributed by atoms with E-state index in [1.165, 1.54) is 0 Å². The molecule has 0 fully saturated rings. The summed E-state index contributed by atoms with van der Waals surface area (Å²) in [6, 6.07) is 6.08. The maximum absolute atomic E-state index is 11.2. The summed E-state index contributed by atoms with van der Waals surface area (Å²) in [6.07, 6.45) is 1.18. The molecule has 0 spiro atoms. The molecule has 1 aromatic carbocycles. The van der Waals surface area contributed by atoms with Crippen molar-refractivity contribution in [2.45, 2.75) is 19.8 Å². The molecule has 17 heavy (non-hydrogen) atoms. The first kappa shape index (κ1) is 13.5. The zero-order valence-electron chi connectivity index (χ0n) is 10.5. The van der Waals surface area contributed by atoms with Crippen molar-refractivity contribution in [3.8, 4) is 5.75 Å².